The van der Waals surface area contributed by atoms with Gasteiger partial charge in [0, 0.05) is 12.1 Å². The summed E-state index contributed by atoms with van der Waals surface area (Å²) in [6.45, 7) is 2.18. The van der Waals surface area contributed by atoms with Crippen LogP contribution < -0.4 is 9.47 Å². The Bertz CT molecular complexity index is 1370. The molecule has 35 heavy (non-hydrogen) atoms. The normalized spacial score (nSPS) is 14.0. The number of esters is 1. The van der Waals surface area contributed by atoms with Crippen molar-refractivity contribution in [1.29, 1.82) is 0 Å². The molecule has 1 aliphatic rings. The van der Waals surface area contributed by atoms with Gasteiger partial charge in [-0.15, -0.1) is 0 Å². The molecule has 0 spiro atoms. The molecule has 0 radical (unpaired) electrons. The van der Waals surface area contributed by atoms with E-state index in [1.165, 1.54) is 18.2 Å². The molecule has 1 heterocycles. The Morgan fingerprint density at radius 2 is 1.86 bits per heavy atom. The molecule has 0 N–H and O–H groups in total. The number of ether oxygens (including phenoxy) is 3. The molecule has 0 aromatic heterocycles. The molecule has 10 heteroatoms. The largest absolute Gasteiger partial charge is 0.490 e. The number of nitro benzene ring substituents is 1. The van der Waals surface area contributed by atoms with Crippen LogP contribution in [0.25, 0.3) is 6.08 Å². The zero-order valence-electron chi connectivity index (χ0n) is 18.4. The van der Waals surface area contributed by atoms with Crippen LogP contribution in [0.3, 0.4) is 0 Å². The minimum atomic E-state index is -0.625. The maximum absolute atomic E-state index is 12.4. The zero-order chi connectivity index (χ0) is 24.9. The summed E-state index contributed by atoms with van der Waals surface area (Å²) in [6, 6.07) is 16.3. The van der Waals surface area contributed by atoms with Crippen molar-refractivity contribution in [2.45, 2.75) is 13.5 Å². The van der Waals surface area contributed by atoms with Crippen molar-refractivity contribution in [2.75, 3.05) is 6.61 Å². The number of cyclic esters (lactones) is 1. The van der Waals surface area contributed by atoms with E-state index in [2.05, 4.69) is 4.99 Å². The molecule has 0 unspecified atom stereocenters. The first kappa shape index (κ1) is 24.3. The monoisotopic (exact) mass is 512 g/mol. The maximum Gasteiger partial charge on any atom is 0.363 e. The van der Waals surface area contributed by atoms with Gasteiger partial charge < -0.3 is 14.2 Å². The first-order valence-electron chi connectivity index (χ1n) is 10.5. The first-order chi connectivity index (χ1) is 16.9. The number of carbonyl (C=O) groups excluding carboxylic acids is 1. The Morgan fingerprint density at radius 1 is 1.06 bits per heavy atom. The highest BCUT2D eigenvalue weighted by molar-refractivity contribution is 6.34. The lowest BCUT2D eigenvalue weighted by Gasteiger charge is -2.14. The second-order valence-corrected chi connectivity index (χ2v) is 8.11. The fraction of sp³-hybridized carbons (Fsp3) is 0.120. The third-order valence-electron chi connectivity index (χ3n) is 4.86. The molecule has 3 aromatic carbocycles. The van der Waals surface area contributed by atoms with Crippen molar-refractivity contribution in [2.24, 2.45) is 4.99 Å². The van der Waals surface area contributed by atoms with Gasteiger partial charge in [0.25, 0.3) is 5.69 Å². The molecule has 4 rings (SSSR count). The van der Waals surface area contributed by atoms with Gasteiger partial charge in [-0.25, -0.2) is 9.79 Å². The molecule has 0 fully saturated rings. The number of non-ortho nitro benzene ring substituents is 1. The summed E-state index contributed by atoms with van der Waals surface area (Å²) >= 11 is 12.7. The van der Waals surface area contributed by atoms with E-state index in [-0.39, 0.29) is 34.7 Å². The van der Waals surface area contributed by atoms with Crippen LogP contribution in [0, 0.1) is 10.1 Å². The van der Waals surface area contributed by atoms with Crippen molar-refractivity contribution < 1.29 is 23.9 Å². The quantitative estimate of drug-likeness (QED) is 0.153. The lowest BCUT2D eigenvalue weighted by molar-refractivity contribution is -0.384. The number of hydrogen-bond acceptors (Lipinski definition) is 7. The van der Waals surface area contributed by atoms with Crippen molar-refractivity contribution in [3.8, 4) is 11.5 Å². The number of rotatable bonds is 8. The minimum absolute atomic E-state index is 0.0376. The molecular weight excluding hydrogens is 495 g/mol. The van der Waals surface area contributed by atoms with E-state index in [4.69, 9.17) is 37.4 Å². The summed E-state index contributed by atoms with van der Waals surface area (Å²) in [7, 11) is 0. The van der Waals surface area contributed by atoms with Crippen LogP contribution in [0.2, 0.25) is 10.0 Å². The van der Waals surface area contributed by atoms with Crippen LogP contribution in [0.1, 0.15) is 23.6 Å². The predicted octanol–water partition coefficient (Wildman–Crippen LogP) is 6.22. The van der Waals surface area contributed by atoms with Crippen LogP contribution in [0.15, 0.2) is 71.4 Å². The molecule has 178 valence electrons. The molecule has 0 amide bonds. The molecule has 0 saturated carbocycles. The van der Waals surface area contributed by atoms with Crippen molar-refractivity contribution in [3.05, 3.63) is 103 Å². The fourth-order valence-corrected chi connectivity index (χ4v) is 3.80. The lowest BCUT2D eigenvalue weighted by Crippen LogP contribution is -2.05. The van der Waals surface area contributed by atoms with Crippen molar-refractivity contribution in [3.63, 3.8) is 0 Å². The standard InChI is InChI=1S/C25H18Cl2N2O6/c1-2-33-22-13-16(12-21-25(30)35-24(28-21)18-8-3-4-9-19(18)26)11-20(27)23(22)34-14-15-6-5-7-17(10-15)29(31)32/h3-13H,2,14H2,1H3/b21-12-. The van der Waals surface area contributed by atoms with Crippen molar-refractivity contribution in [1.82, 2.24) is 0 Å². The Morgan fingerprint density at radius 3 is 2.60 bits per heavy atom. The van der Waals surface area contributed by atoms with E-state index in [0.717, 1.165) is 0 Å². The number of nitro groups is 1. The average Bonchev–Trinajstić information content (AvgIpc) is 3.19. The van der Waals surface area contributed by atoms with Gasteiger partial charge in [0.05, 0.1) is 27.1 Å². The van der Waals surface area contributed by atoms with Crippen LogP contribution in [-0.4, -0.2) is 23.4 Å². The Kier molecular flexibility index (Phi) is 7.33. The Hall–Kier alpha value is -3.88. The van der Waals surface area contributed by atoms with Gasteiger partial charge in [-0.3, -0.25) is 10.1 Å². The molecular formula is C25H18Cl2N2O6. The minimum Gasteiger partial charge on any atom is -0.490 e. The van der Waals surface area contributed by atoms with Gasteiger partial charge in [-0.2, -0.15) is 0 Å². The van der Waals surface area contributed by atoms with E-state index in [1.807, 2.05) is 0 Å². The molecule has 0 saturated heterocycles. The first-order valence-corrected chi connectivity index (χ1v) is 11.2. The van der Waals surface area contributed by atoms with Gasteiger partial charge in [0.2, 0.25) is 5.90 Å². The summed E-state index contributed by atoms with van der Waals surface area (Å²) in [5.74, 6) is 0.107. The molecule has 0 bridgehead atoms. The van der Waals surface area contributed by atoms with E-state index >= 15 is 0 Å². The van der Waals surface area contributed by atoms with E-state index < -0.39 is 10.9 Å². The van der Waals surface area contributed by atoms with Gasteiger partial charge in [-0.05, 0) is 48.4 Å². The number of halogens is 2. The van der Waals surface area contributed by atoms with Gasteiger partial charge in [-0.1, -0.05) is 47.5 Å². The molecule has 1 aliphatic heterocycles. The third-order valence-corrected chi connectivity index (χ3v) is 5.47. The number of hydrogen-bond donors (Lipinski definition) is 0. The van der Waals surface area contributed by atoms with Gasteiger partial charge >= 0.3 is 5.97 Å². The van der Waals surface area contributed by atoms with Gasteiger partial charge in [0.1, 0.15) is 6.61 Å². The number of carbonyl (C=O) groups is 1. The summed E-state index contributed by atoms with van der Waals surface area (Å²) in [5.41, 5.74) is 1.67. The van der Waals surface area contributed by atoms with Crippen LogP contribution in [0.5, 0.6) is 11.5 Å². The summed E-state index contributed by atoms with van der Waals surface area (Å²) < 4.78 is 16.8. The maximum atomic E-state index is 12.4. The number of aliphatic imine (C=N–C) groups is 1. The Labute approximate surface area is 210 Å². The lowest BCUT2D eigenvalue weighted by atomic mass is 10.1. The highest BCUT2D eigenvalue weighted by Gasteiger charge is 2.26. The Balaban J connectivity index is 1.61. The van der Waals surface area contributed by atoms with Gasteiger partial charge in [0.15, 0.2) is 17.2 Å². The van der Waals surface area contributed by atoms with E-state index in [1.54, 1.807) is 55.5 Å². The van der Waals surface area contributed by atoms with Crippen LogP contribution >= 0.6 is 23.2 Å². The molecule has 0 atom stereocenters. The highest BCUT2D eigenvalue weighted by Crippen LogP contribution is 2.38. The second-order valence-electron chi connectivity index (χ2n) is 7.29. The van der Waals surface area contributed by atoms with Crippen LogP contribution in [0.4, 0.5) is 5.69 Å². The van der Waals surface area contributed by atoms with Crippen LogP contribution in [-0.2, 0) is 16.1 Å². The number of benzene rings is 3. The summed E-state index contributed by atoms with van der Waals surface area (Å²) in [6.07, 6.45) is 1.52. The molecule has 8 nitrogen and oxygen atoms in total. The summed E-state index contributed by atoms with van der Waals surface area (Å²) in [4.78, 5) is 27.2. The topological polar surface area (TPSA) is 100 Å². The second kappa shape index (κ2) is 10.6. The molecule has 0 aliphatic carbocycles. The summed E-state index contributed by atoms with van der Waals surface area (Å²) in [5, 5.41) is 11.7. The number of nitrogens with zero attached hydrogens (tertiary/aromatic N) is 2. The highest BCUT2D eigenvalue weighted by atomic mass is 35.5. The molecule has 3 aromatic rings. The SMILES string of the molecule is CCOc1cc(/C=C2\N=C(c3ccccc3Cl)OC2=O)cc(Cl)c1OCc1cccc([N+](=O)[O-])c1. The van der Waals surface area contributed by atoms with E-state index in [9.17, 15) is 14.9 Å². The average molecular weight is 513 g/mol. The fourth-order valence-electron chi connectivity index (χ4n) is 3.31. The van der Waals surface area contributed by atoms with Crippen molar-refractivity contribution >= 4 is 46.8 Å². The smallest absolute Gasteiger partial charge is 0.363 e. The van der Waals surface area contributed by atoms with E-state index in [0.29, 0.717) is 34.1 Å². The predicted molar refractivity (Wildman–Crippen MR) is 132 cm³/mol. The third kappa shape index (κ3) is 5.62. The zero-order valence-corrected chi connectivity index (χ0v) is 19.9.